The lowest BCUT2D eigenvalue weighted by molar-refractivity contribution is -0.116. The van der Waals surface area contributed by atoms with Crippen molar-refractivity contribution in [2.45, 2.75) is 13.1 Å². The number of amides is 1. The maximum atomic E-state index is 12.8. The molecule has 0 aliphatic carbocycles. The number of carbonyl (C=O) groups excluding carboxylic acids is 2. The number of ether oxygens (including phenoxy) is 2. The Labute approximate surface area is 209 Å². The lowest BCUT2D eigenvalue weighted by Crippen LogP contribution is -2.46. The Morgan fingerprint density at radius 3 is 2.28 bits per heavy atom. The van der Waals surface area contributed by atoms with E-state index in [4.69, 9.17) is 9.47 Å². The summed E-state index contributed by atoms with van der Waals surface area (Å²) in [5.74, 6) is -0.521. The molecule has 1 aromatic heterocycles. The first-order valence-corrected chi connectivity index (χ1v) is 11.7. The zero-order chi connectivity index (χ0) is 25.5. The molecule has 1 fully saturated rings. The van der Waals surface area contributed by atoms with E-state index >= 15 is 0 Å². The molecule has 188 valence electrons. The molecule has 0 bridgehead atoms. The predicted molar refractivity (Wildman–Crippen MR) is 138 cm³/mol. The van der Waals surface area contributed by atoms with Gasteiger partial charge in [-0.05, 0) is 36.4 Å². The molecular weight excluding hydrogens is 460 g/mol. The molecule has 1 amide bonds. The van der Waals surface area contributed by atoms with E-state index in [2.05, 4.69) is 27.2 Å². The van der Waals surface area contributed by atoms with Gasteiger partial charge in [-0.2, -0.15) is 0 Å². The first-order chi connectivity index (χ1) is 17.5. The number of nitrogens with one attached hydrogen (secondary N) is 1. The van der Waals surface area contributed by atoms with Crippen molar-refractivity contribution in [3.63, 3.8) is 0 Å². The highest BCUT2D eigenvalue weighted by molar-refractivity contribution is 5.93. The van der Waals surface area contributed by atoms with Crippen LogP contribution < -0.4 is 20.4 Å². The number of methoxy groups -OCH3 is 2. The first kappa shape index (κ1) is 25.0. The van der Waals surface area contributed by atoms with Gasteiger partial charge in [0.2, 0.25) is 11.3 Å². The third-order valence-corrected chi connectivity index (χ3v) is 6.19. The second-order valence-corrected chi connectivity index (χ2v) is 8.54. The van der Waals surface area contributed by atoms with E-state index in [0.29, 0.717) is 17.8 Å². The zero-order valence-corrected chi connectivity index (χ0v) is 20.5. The highest BCUT2D eigenvalue weighted by Gasteiger charge is 2.19. The van der Waals surface area contributed by atoms with Crippen LogP contribution in [0.4, 0.5) is 11.4 Å². The van der Waals surface area contributed by atoms with Gasteiger partial charge in [0.25, 0.3) is 0 Å². The highest BCUT2D eigenvalue weighted by Crippen LogP contribution is 2.18. The summed E-state index contributed by atoms with van der Waals surface area (Å²) in [5.41, 5.74) is 2.68. The van der Waals surface area contributed by atoms with Crippen molar-refractivity contribution < 1.29 is 19.1 Å². The lowest BCUT2D eigenvalue weighted by Gasteiger charge is -2.36. The smallest absolute Gasteiger partial charge is 0.337 e. The van der Waals surface area contributed by atoms with Gasteiger partial charge in [0, 0.05) is 55.9 Å². The Balaban J connectivity index is 1.43. The first-order valence-electron chi connectivity index (χ1n) is 11.7. The van der Waals surface area contributed by atoms with E-state index in [1.54, 1.807) is 41.1 Å². The summed E-state index contributed by atoms with van der Waals surface area (Å²) in [6.07, 6.45) is 1.58. The van der Waals surface area contributed by atoms with Crippen molar-refractivity contribution >= 4 is 23.3 Å². The fourth-order valence-corrected chi connectivity index (χ4v) is 4.23. The number of hydrogen-bond donors (Lipinski definition) is 1. The van der Waals surface area contributed by atoms with Gasteiger partial charge >= 0.3 is 5.97 Å². The molecule has 9 heteroatoms. The van der Waals surface area contributed by atoms with Crippen LogP contribution in [-0.2, 0) is 22.6 Å². The summed E-state index contributed by atoms with van der Waals surface area (Å²) >= 11 is 0. The third kappa shape index (κ3) is 6.11. The number of piperazine rings is 1. The number of hydrogen-bond acceptors (Lipinski definition) is 7. The Morgan fingerprint density at radius 2 is 1.64 bits per heavy atom. The third-order valence-electron chi connectivity index (χ3n) is 6.19. The number of nitrogens with zero attached hydrogens (tertiary/aromatic N) is 3. The molecule has 0 atom stereocenters. The van der Waals surface area contributed by atoms with Crippen LogP contribution in [-0.4, -0.2) is 61.7 Å². The van der Waals surface area contributed by atoms with Crippen molar-refractivity contribution in [3.8, 4) is 5.75 Å². The van der Waals surface area contributed by atoms with Gasteiger partial charge in [0.1, 0.15) is 6.54 Å². The molecule has 4 rings (SSSR count). The Morgan fingerprint density at radius 1 is 0.944 bits per heavy atom. The van der Waals surface area contributed by atoms with Crippen molar-refractivity contribution in [2.75, 3.05) is 50.6 Å². The minimum absolute atomic E-state index is 0.00864. The minimum atomic E-state index is -0.442. The molecule has 0 unspecified atom stereocenters. The molecule has 3 aromatic rings. The summed E-state index contributed by atoms with van der Waals surface area (Å²) in [5, 5.41) is 2.83. The highest BCUT2D eigenvalue weighted by atomic mass is 16.5. The summed E-state index contributed by atoms with van der Waals surface area (Å²) < 4.78 is 11.7. The minimum Gasteiger partial charge on any atom is -0.491 e. The topological polar surface area (TPSA) is 93.1 Å². The molecule has 1 N–H and O–H groups in total. The zero-order valence-electron chi connectivity index (χ0n) is 20.5. The number of esters is 1. The van der Waals surface area contributed by atoms with E-state index in [-0.39, 0.29) is 23.6 Å². The SMILES string of the molecule is COC(=O)c1ccc(NC(=O)Cn2cc(OC)c(=O)cc2CN2CCN(c3ccccc3)CC2)cc1. The summed E-state index contributed by atoms with van der Waals surface area (Å²) in [6.45, 7) is 4.00. The summed E-state index contributed by atoms with van der Waals surface area (Å²) in [4.78, 5) is 41.5. The molecule has 1 aliphatic heterocycles. The molecule has 1 aliphatic rings. The van der Waals surface area contributed by atoms with Crippen molar-refractivity contribution in [1.29, 1.82) is 0 Å². The van der Waals surface area contributed by atoms with Crippen LogP contribution in [0.2, 0.25) is 0 Å². The largest absolute Gasteiger partial charge is 0.491 e. The molecule has 1 saturated heterocycles. The normalized spacial score (nSPS) is 13.8. The number of para-hydroxylation sites is 1. The van der Waals surface area contributed by atoms with Gasteiger partial charge < -0.3 is 24.3 Å². The molecule has 2 heterocycles. The van der Waals surface area contributed by atoms with Gasteiger partial charge in [-0.3, -0.25) is 14.5 Å². The van der Waals surface area contributed by atoms with E-state index < -0.39 is 5.97 Å². The van der Waals surface area contributed by atoms with Gasteiger partial charge in [-0.1, -0.05) is 18.2 Å². The molecule has 0 radical (unpaired) electrons. The molecule has 9 nitrogen and oxygen atoms in total. The van der Waals surface area contributed by atoms with Crippen LogP contribution >= 0.6 is 0 Å². The monoisotopic (exact) mass is 490 g/mol. The van der Waals surface area contributed by atoms with Crippen molar-refractivity contribution in [2.24, 2.45) is 0 Å². The fraction of sp³-hybridized carbons (Fsp3) is 0.296. The van der Waals surface area contributed by atoms with E-state index in [9.17, 15) is 14.4 Å². The second-order valence-electron chi connectivity index (χ2n) is 8.54. The van der Waals surface area contributed by atoms with Crippen molar-refractivity contribution in [3.05, 3.63) is 88.3 Å². The number of rotatable bonds is 8. The number of carbonyl (C=O) groups is 2. The Hall–Kier alpha value is -4.11. The van der Waals surface area contributed by atoms with Crippen LogP contribution in [0.5, 0.6) is 5.75 Å². The number of anilines is 2. The van der Waals surface area contributed by atoms with Crippen molar-refractivity contribution in [1.82, 2.24) is 9.47 Å². The molecular formula is C27H30N4O5. The van der Waals surface area contributed by atoms with Gasteiger partial charge in [0.15, 0.2) is 5.75 Å². The molecule has 36 heavy (non-hydrogen) atoms. The van der Waals surface area contributed by atoms with Crippen LogP contribution in [0.15, 0.2) is 71.7 Å². The average Bonchev–Trinajstić information content (AvgIpc) is 2.91. The Bertz CT molecular complexity index is 1250. The standard InChI is InChI=1S/C27H30N4O5/c1-35-25-18-31(19-26(33)28-21-10-8-20(9-11-21)27(34)36-2)23(16-24(25)32)17-29-12-14-30(15-13-29)22-6-4-3-5-7-22/h3-11,16,18H,12-15,17,19H2,1-2H3,(H,28,33). The average molecular weight is 491 g/mol. The summed E-state index contributed by atoms with van der Waals surface area (Å²) in [7, 11) is 2.75. The number of benzene rings is 2. The summed E-state index contributed by atoms with van der Waals surface area (Å²) in [6, 6.07) is 18.3. The van der Waals surface area contributed by atoms with Crippen LogP contribution in [0.25, 0.3) is 0 Å². The van der Waals surface area contributed by atoms with Gasteiger partial charge in [-0.15, -0.1) is 0 Å². The quantitative estimate of drug-likeness (QED) is 0.485. The van der Waals surface area contributed by atoms with Crippen LogP contribution in [0, 0.1) is 0 Å². The fourth-order valence-electron chi connectivity index (χ4n) is 4.23. The lowest BCUT2D eigenvalue weighted by atomic mass is 10.2. The second kappa shape index (κ2) is 11.5. The van der Waals surface area contributed by atoms with Crippen LogP contribution in [0.3, 0.4) is 0 Å². The van der Waals surface area contributed by atoms with E-state index in [0.717, 1.165) is 31.9 Å². The predicted octanol–water partition coefficient (Wildman–Crippen LogP) is 2.60. The molecule has 0 saturated carbocycles. The molecule has 0 spiro atoms. The van der Waals surface area contributed by atoms with Gasteiger partial charge in [-0.25, -0.2) is 4.79 Å². The number of aromatic nitrogens is 1. The maximum absolute atomic E-state index is 12.8. The van der Waals surface area contributed by atoms with E-state index in [1.165, 1.54) is 19.9 Å². The maximum Gasteiger partial charge on any atom is 0.337 e. The molecule has 2 aromatic carbocycles. The number of pyridine rings is 1. The van der Waals surface area contributed by atoms with Crippen LogP contribution in [0.1, 0.15) is 16.1 Å². The van der Waals surface area contributed by atoms with Gasteiger partial charge in [0.05, 0.1) is 26.0 Å². The van der Waals surface area contributed by atoms with E-state index in [1.807, 2.05) is 18.2 Å². The Kier molecular flexibility index (Phi) is 8.02.